The summed E-state index contributed by atoms with van der Waals surface area (Å²) < 4.78 is 7.13. The number of amides is 1. The highest BCUT2D eigenvalue weighted by molar-refractivity contribution is 7.99. The van der Waals surface area contributed by atoms with Crippen LogP contribution in [-0.2, 0) is 11.3 Å². The first-order valence-corrected chi connectivity index (χ1v) is 11.5. The predicted octanol–water partition coefficient (Wildman–Crippen LogP) is 4.18. The van der Waals surface area contributed by atoms with Crippen molar-refractivity contribution in [3.8, 4) is 5.75 Å². The van der Waals surface area contributed by atoms with Crippen molar-refractivity contribution in [2.45, 2.75) is 43.4 Å². The van der Waals surface area contributed by atoms with Crippen molar-refractivity contribution in [3.63, 3.8) is 0 Å². The summed E-state index contributed by atoms with van der Waals surface area (Å²) in [6.07, 6.45) is 4.62. The highest BCUT2D eigenvalue weighted by Crippen LogP contribution is 2.32. The molecule has 1 aromatic carbocycles. The van der Waals surface area contributed by atoms with Gasteiger partial charge in [0.1, 0.15) is 5.75 Å². The molecule has 1 saturated carbocycles. The molecule has 1 amide bonds. The molecule has 0 atom stereocenters. The number of carbonyl (C=O) groups excluding carboxylic acids is 1. The number of ether oxygens (including phenoxy) is 1. The number of rotatable bonds is 8. The zero-order valence-electron chi connectivity index (χ0n) is 16.2. The lowest BCUT2D eigenvalue weighted by molar-refractivity contribution is -0.116. The van der Waals surface area contributed by atoms with Gasteiger partial charge in [0.05, 0.1) is 25.4 Å². The van der Waals surface area contributed by atoms with Gasteiger partial charge in [-0.25, -0.2) is 4.68 Å². The summed E-state index contributed by atoms with van der Waals surface area (Å²) in [5.41, 5.74) is 0.847. The molecule has 4 rings (SSSR count). The standard InChI is InChI=1S/C20H23N5O2S2/c1-27-17-10-8-15(9-11-17)24(13-18-7-4-12-28-18)19(26)14-29-20-21-22-23-25(20)16-5-2-3-6-16/h4,7-12,16H,2-3,5-6,13-14H2,1H3. The van der Waals surface area contributed by atoms with E-state index in [0.29, 0.717) is 12.6 Å². The van der Waals surface area contributed by atoms with Gasteiger partial charge in [-0.1, -0.05) is 30.7 Å². The van der Waals surface area contributed by atoms with Gasteiger partial charge in [0.25, 0.3) is 0 Å². The summed E-state index contributed by atoms with van der Waals surface area (Å²) in [4.78, 5) is 16.1. The minimum absolute atomic E-state index is 0.0227. The minimum atomic E-state index is 0.0227. The third kappa shape index (κ3) is 4.79. The Morgan fingerprint density at radius 1 is 1.28 bits per heavy atom. The van der Waals surface area contributed by atoms with Crippen molar-refractivity contribution >= 4 is 34.7 Å². The molecular weight excluding hydrogens is 406 g/mol. The van der Waals surface area contributed by atoms with Crippen LogP contribution in [-0.4, -0.2) is 39.0 Å². The fraction of sp³-hybridized carbons (Fsp3) is 0.400. The lowest BCUT2D eigenvalue weighted by atomic mass is 10.2. The summed E-state index contributed by atoms with van der Waals surface area (Å²) in [7, 11) is 1.63. The molecule has 0 spiro atoms. The van der Waals surface area contributed by atoms with Crippen molar-refractivity contribution in [2.24, 2.45) is 0 Å². The lowest BCUT2D eigenvalue weighted by Gasteiger charge is -2.22. The Balaban J connectivity index is 1.48. The number of thiophene rings is 1. The van der Waals surface area contributed by atoms with Gasteiger partial charge in [-0.05, 0) is 59.0 Å². The summed E-state index contributed by atoms with van der Waals surface area (Å²) in [6.45, 7) is 0.539. The maximum Gasteiger partial charge on any atom is 0.237 e. The number of hydrogen-bond donors (Lipinski definition) is 0. The second-order valence-electron chi connectivity index (χ2n) is 6.89. The zero-order valence-corrected chi connectivity index (χ0v) is 17.9. The summed E-state index contributed by atoms with van der Waals surface area (Å²) >= 11 is 3.05. The van der Waals surface area contributed by atoms with E-state index in [9.17, 15) is 4.79 Å². The van der Waals surface area contributed by atoms with E-state index in [2.05, 4.69) is 15.5 Å². The number of tetrazole rings is 1. The maximum absolute atomic E-state index is 13.2. The van der Waals surface area contributed by atoms with Crippen LogP contribution in [0.3, 0.4) is 0 Å². The van der Waals surface area contributed by atoms with Gasteiger partial charge in [0, 0.05) is 10.6 Å². The van der Waals surface area contributed by atoms with Crippen molar-refractivity contribution in [1.29, 1.82) is 0 Å². The van der Waals surface area contributed by atoms with Crippen LogP contribution in [0.2, 0.25) is 0 Å². The Labute approximate surface area is 178 Å². The Morgan fingerprint density at radius 3 is 2.76 bits per heavy atom. The first-order valence-electron chi connectivity index (χ1n) is 9.62. The van der Waals surface area contributed by atoms with E-state index in [1.807, 2.05) is 51.4 Å². The van der Waals surface area contributed by atoms with Gasteiger partial charge in [0.2, 0.25) is 11.1 Å². The molecule has 152 valence electrons. The van der Waals surface area contributed by atoms with Gasteiger partial charge in [0.15, 0.2) is 0 Å². The van der Waals surface area contributed by atoms with Crippen LogP contribution in [0.1, 0.15) is 36.6 Å². The Hall–Kier alpha value is -2.39. The molecule has 9 heteroatoms. The number of hydrogen-bond acceptors (Lipinski definition) is 7. The van der Waals surface area contributed by atoms with Crippen molar-refractivity contribution < 1.29 is 9.53 Å². The predicted molar refractivity (Wildman–Crippen MR) is 115 cm³/mol. The van der Waals surface area contributed by atoms with Gasteiger partial charge in [-0.15, -0.1) is 16.4 Å². The maximum atomic E-state index is 13.2. The normalized spacial score (nSPS) is 14.2. The molecule has 1 aliphatic rings. The van der Waals surface area contributed by atoms with E-state index in [1.165, 1.54) is 24.6 Å². The van der Waals surface area contributed by atoms with E-state index in [1.54, 1.807) is 18.4 Å². The Morgan fingerprint density at radius 2 is 2.07 bits per heavy atom. The van der Waals surface area contributed by atoms with Crippen molar-refractivity contribution in [3.05, 3.63) is 46.7 Å². The summed E-state index contributed by atoms with van der Waals surface area (Å²) in [5, 5.41) is 14.9. The van der Waals surface area contributed by atoms with E-state index >= 15 is 0 Å². The van der Waals surface area contributed by atoms with E-state index in [4.69, 9.17) is 4.74 Å². The fourth-order valence-electron chi connectivity index (χ4n) is 3.51. The highest BCUT2D eigenvalue weighted by Gasteiger charge is 2.23. The number of anilines is 1. The van der Waals surface area contributed by atoms with E-state index in [0.717, 1.165) is 34.3 Å². The number of thioether (sulfide) groups is 1. The summed E-state index contributed by atoms with van der Waals surface area (Å²) in [6, 6.07) is 12.0. The number of methoxy groups -OCH3 is 1. The number of nitrogens with zero attached hydrogens (tertiary/aromatic N) is 5. The highest BCUT2D eigenvalue weighted by atomic mass is 32.2. The van der Waals surface area contributed by atoms with Gasteiger partial charge >= 0.3 is 0 Å². The quantitative estimate of drug-likeness (QED) is 0.500. The van der Waals surface area contributed by atoms with Crippen LogP contribution >= 0.6 is 23.1 Å². The number of benzene rings is 1. The average Bonchev–Trinajstić information content (AvgIpc) is 3.52. The minimum Gasteiger partial charge on any atom is -0.497 e. The van der Waals surface area contributed by atoms with Gasteiger partial charge < -0.3 is 9.64 Å². The van der Waals surface area contributed by atoms with Crippen molar-refractivity contribution in [2.75, 3.05) is 17.8 Å². The van der Waals surface area contributed by atoms with E-state index < -0.39 is 0 Å². The molecular formula is C20H23N5O2S2. The molecule has 2 heterocycles. The lowest BCUT2D eigenvalue weighted by Crippen LogP contribution is -2.31. The van der Waals surface area contributed by atoms with Crippen LogP contribution in [0.15, 0.2) is 46.9 Å². The van der Waals surface area contributed by atoms with Crippen LogP contribution in [0, 0.1) is 0 Å². The van der Waals surface area contributed by atoms with Crippen LogP contribution < -0.4 is 9.64 Å². The van der Waals surface area contributed by atoms with Crippen LogP contribution in [0.4, 0.5) is 5.69 Å². The Kier molecular flexibility index (Phi) is 6.46. The average molecular weight is 430 g/mol. The van der Waals surface area contributed by atoms with Gasteiger partial charge in [-0.3, -0.25) is 4.79 Å². The largest absolute Gasteiger partial charge is 0.497 e. The third-order valence-corrected chi connectivity index (χ3v) is 6.82. The molecule has 1 aliphatic carbocycles. The number of aromatic nitrogens is 4. The molecule has 0 N–H and O–H groups in total. The summed E-state index contributed by atoms with van der Waals surface area (Å²) in [5.74, 6) is 1.07. The first kappa shape index (κ1) is 19.9. The number of carbonyl (C=O) groups is 1. The van der Waals surface area contributed by atoms with Gasteiger partial charge in [-0.2, -0.15) is 0 Å². The second-order valence-corrected chi connectivity index (χ2v) is 8.87. The molecule has 0 aliphatic heterocycles. The van der Waals surface area contributed by atoms with Crippen LogP contribution in [0.25, 0.3) is 0 Å². The molecule has 1 fully saturated rings. The molecule has 0 bridgehead atoms. The molecule has 29 heavy (non-hydrogen) atoms. The zero-order chi connectivity index (χ0) is 20.1. The molecule has 7 nitrogen and oxygen atoms in total. The smallest absolute Gasteiger partial charge is 0.237 e. The van der Waals surface area contributed by atoms with Crippen LogP contribution in [0.5, 0.6) is 5.75 Å². The second kappa shape index (κ2) is 9.41. The molecule has 2 aromatic heterocycles. The third-order valence-electron chi connectivity index (χ3n) is 5.04. The van der Waals surface area contributed by atoms with Crippen molar-refractivity contribution in [1.82, 2.24) is 20.2 Å². The fourth-order valence-corrected chi connectivity index (χ4v) is 5.02. The Bertz CT molecular complexity index is 921. The molecule has 0 radical (unpaired) electrons. The first-order chi connectivity index (χ1) is 14.2. The topological polar surface area (TPSA) is 73.1 Å². The monoisotopic (exact) mass is 429 g/mol. The SMILES string of the molecule is COc1ccc(N(Cc2cccs2)C(=O)CSc2nnnn2C2CCCC2)cc1. The molecule has 0 saturated heterocycles. The molecule has 0 unspecified atom stereocenters. The molecule has 3 aromatic rings. The van der Waals surface area contributed by atoms with E-state index in [-0.39, 0.29) is 11.7 Å².